The van der Waals surface area contributed by atoms with E-state index in [1.54, 1.807) is 42.4 Å². The summed E-state index contributed by atoms with van der Waals surface area (Å²) in [6.07, 6.45) is 5.36. The van der Waals surface area contributed by atoms with Crippen LogP contribution in [0.25, 0.3) is 16.6 Å². The van der Waals surface area contributed by atoms with E-state index in [1.165, 1.54) is 17.8 Å². The molecule has 0 radical (unpaired) electrons. The molecule has 144 valence electrons. The van der Waals surface area contributed by atoms with E-state index in [0.29, 0.717) is 33.2 Å². The van der Waals surface area contributed by atoms with Gasteiger partial charge in [0.25, 0.3) is 0 Å². The number of thioether (sulfide) groups is 1. The number of hydrogen-bond acceptors (Lipinski definition) is 8. The van der Waals surface area contributed by atoms with Crippen molar-refractivity contribution in [3.05, 3.63) is 80.1 Å². The molecule has 2 aromatic heterocycles. The molecule has 7 nitrogen and oxygen atoms in total. The Hall–Kier alpha value is -3.28. The summed E-state index contributed by atoms with van der Waals surface area (Å²) in [6, 6.07) is 8.66. The monoisotopic (exact) mass is 423 g/mol. The van der Waals surface area contributed by atoms with Crippen LogP contribution >= 0.6 is 23.4 Å². The number of halogens is 1. The Balaban J connectivity index is 1.92. The first-order valence-corrected chi connectivity index (χ1v) is 10.2. The molecule has 29 heavy (non-hydrogen) atoms. The van der Waals surface area contributed by atoms with Crippen molar-refractivity contribution in [1.29, 1.82) is 5.26 Å². The van der Waals surface area contributed by atoms with Crippen molar-refractivity contribution in [1.82, 2.24) is 15.4 Å². The van der Waals surface area contributed by atoms with Crippen molar-refractivity contribution in [3.63, 3.8) is 0 Å². The van der Waals surface area contributed by atoms with Crippen LogP contribution in [-0.4, -0.2) is 16.2 Å². The summed E-state index contributed by atoms with van der Waals surface area (Å²) in [4.78, 5) is 21.5. The van der Waals surface area contributed by atoms with Crippen LogP contribution in [0.3, 0.4) is 0 Å². The second kappa shape index (κ2) is 7.62. The van der Waals surface area contributed by atoms with Crippen molar-refractivity contribution in [2.24, 2.45) is 0 Å². The maximum absolute atomic E-state index is 12.7. The molecule has 0 saturated carbocycles. The van der Waals surface area contributed by atoms with Crippen LogP contribution in [-0.2, 0) is 0 Å². The highest BCUT2D eigenvalue weighted by Crippen LogP contribution is 2.33. The quantitative estimate of drug-likeness (QED) is 0.675. The van der Waals surface area contributed by atoms with Gasteiger partial charge in [-0.05, 0) is 54.5 Å². The van der Waals surface area contributed by atoms with Crippen LogP contribution in [0.1, 0.15) is 17.0 Å². The van der Waals surface area contributed by atoms with Crippen LogP contribution in [0.4, 0.5) is 5.82 Å². The molecule has 0 fully saturated rings. The van der Waals surface area contributed by atoms with Gasteiger partial charge in [-0.25, -0.2) is 19.8 Å². The molecule has 1 aliphatic heterocycles. The molecule has 1 N–H and O–H groups in total. The average Bonchev–Trinajstić information content (AvgIpc) is 3.12. The SMILES string of the molecule is CSC=C1C=C(c2nc3c(C)cc(C#N)cc3c(=O)o2)N(c2ncccc2Cl)N1. The standard InChI is InChI=1S/C20H14ClN5O2S/c1-11-6-12(9-22)7-14-17(11)24-19(28-20(14)27)16-8-13(10-29-2)25-26(16)18-15(21)4-3-5-23-18/h3-8,10,25H,1-2H3. The van der Waals surface area contributed by atoms with Gasteiger partial charge in [-0.1, -0.05) is 11.6 Å². The molecule has 9 heteroatoms. The number of fused-ring (bicyclic) bond motifs is 1. The highest BCUT2D eigenvalue weighted by atomic mass is 35.5. The number of allylic oxidation sites excluding steroid dienone is 1. The van der Waals surface area contributed by atoms with Gasteiger partial charge >= 0.3 is 5.63 Å². The Morgan fingerprint density at radius 1 is 1.41 bits per heavy atom. The lowest BCUT2D eigenvalue weighted by Gasteiger charge is -2.21. The second-order valence-corrected chi connectivity index (χ2v) is 7.32. The fourth-order valence-corrected chi connectivity index (χ4v) is 3.59. The molecular weight excluding hydrogens is 410 g/mol. The highest BCUT2D eigenvalue weighted by Gasteiger charge is 2.28. The smallest absolute Gasteiger partial charge is 0.347 e. The van der Waals surface area contributed by atoms with Gasteiger partial charge in [-0.15, -0.1) is 11.8 Å². The molecular formula is C20H14ClN5O2S. The van der Waals surface area contributed by atoms with Crippen molar-refractivity contribution in [3.8, 4) is 6.07 Å². The van der Waals surface area contributed by atoms with Gasteiger partial charge in [0.05, 0.1) is 33.3 Å². The third-order valence-electron chi connectivity index (χ3n) is 4.24. The zero-order valence-corrected chi connectivity index (χ0v) is 17.0. The molecule has 0 bridgehead atoms. The summed E-state index contributed by atoms with van der Waals surface area (Å²) in [7, 11) is 0. The van der Waals surface area contributed by atoms with Crippen LogP contribution < -0.4 is 16.1 Å². The molecule has 0 atom stereocenters. The van der Waals surface area contributed by atoms with E-state index in [9.17, 15) is 4.79 Å². The number of aromatic nitrogens is 2. The summed E-state index contributed by atoms with van der Waals surface area (Å²) < 4.78 is 5.52. The third kappa shape index (κ3) is 3.46. The number of anilines is 1. The van der Waals surface area contributed by atoms with E-state index in [-0.39, 0.29) is 11.3 Å². The number of aryl methyl sites for hydroxylation is 1. The van der Waals surface area contributed by atoms with E-state index < -0.39 is 5.63 Å². The number of pyridine rings is 1. The first-order chi connectivity index (χ1) is 14.0. The van der Waals surface area contributed by atoms with Crippen molar-refractivity contribution < 1.29 is 4.42 Å². The maximum Gasteiger partial charge on any atom is 0.347 e. The zero-order valence-electron chi connectivity index (χ0n) is 15.4. The average molecular weight is 424 g/mol. The van der Waals surface area contributed by atoms with Gasteiger partial charge in [-0.2, -0.15) is 5.26 Å². The normalized spacial score (nSPS) is 14.8. The largest absolute Gasteiger partial charge is 0.401 e. The Morgan fingerprint density at radius 3 is 2.97 bits per heavy atom. The molecule has 0 aliphatic carbocycles. The molecule has 0 saturated heterocycles. The van der Waals surface area contributed by atoms with Crippen molar-refractivity contribution in [2.45, 2.75) is 6.92 Å². The first kappa shape index (κ1) is 19.1. The van der Waals surface area contributed by atoms with Crippen LogP contribution in [0.2, 0.25) is 5.02 Å². The van der Waals surface area contributed by atoms with E-state index in [4.69, 9.17) is 21.3 Å². The van der Waals surface area contributed by atoms with Gasteiger partial charge in [0.2, 0.25) is 5.89 Å². The Morgan fingerprint density at radius 2 is 2.24 bits per heavy atom. The number of hydrazine groups is 1. The Bertz CT molecular complexity index is 1290. The molecule has 3 aromatic rings. The van der Waals surface area contributed by atoms with Crippen LogP contribution in [0, 0.1) is 18.3 Å². The number of nitrogens with one attached hydrogen (secondary N) is 1. The lowest BCUT2D eigenvalue weighted by molar-refractivity contribution is 0.483. The van der Waals surface area contributed by atoms with E-state index in [1.807, 2.05) is 17.7 Å². The summed E-state index contributed by atoms with van der Waals surface area (Å²) >= 11 is 7.84. The number of hydrogen-bond donors (Lipinski definition) is 1. The van der Waals surface area contributed by atoms with Gasteiger partial charge < -0.3 is 4.42 Å². The number of nitriles is 1. The summed E-state index contributed by atoms with van der Waals surface area (Å²) in [6.45, 7) is 1.80. The topological polar surface area (TPSA) is 95.0 Å². The zero-order chi connectivity index (χ0) is 20.5. The number of benzene rings is 1. The lowest BCUT2D eigenvalue weighted by Crippen LogP contribution is -2.31. The van der Waals surface area contributed by atoms with E-state index in [2.05, 4.69) is 15.4 Å². The molecule has 0 amide bonds. The minimum atomic E-state index is -0.569. The molecule has 0 spiro atoms. The minimum Gasteiger partial charge on any atom is -0.401 e. The lowest BCUT2D eigenvalue weighted by atomic mass is 10.1. The molecule has 0 unspecified atom stereocenters. The molecule has 4 rings (SSSR count). The number of nitrogens with zero attached hydrogens (tertiary/aromatic N) is 4. The highest BCUT2D eigenvalue weighted by molar-refractivity contribution is 8.01. The predicted octanol–water partition coefficient (Wildman–Crippen LogP) is 3.99. The van der Waals surface area contributed by atoms with E-state index in [0.717, 1.165) is 5.70 Å². The molecule has 1 aliphatic rings. The van der Waals surface area contributed by atoms with Crippen molar-refractivity contribution in [2.75, 3.05) is 11.3 Å². The Kier molecular flexibility index (Phi) is 5.01. The van der Waals surface area contributed by atoms with Gasteiger partial charge in [0, 0.05) is 6.20 Å². The number of rotatable bonds is 3. The van der Waals surface area contributed by atoms with Crippen molar-refractivity contribution >= 4 is 45.8 Å². The minimum absolute atomic E-state index is 0.119. The van der Waals surface area contributed by atoms with Crippen LogP contribution in [0.5, 0.6) is 0 Å². The summed E-state index contributed by atoms with van der Waals surface area (Å²) in [5.74, 6) is 0.569. The first-order valence-electron chi connectivity index (χ1n) is 8.49. The van der Waals surface area contributed by atoms with E-state index >= 15 is 0 Å². The summed E-state index contributed by atoms with van der Waals surface area (Å²) in [5, 5.41) is 13.4. The predicted molar refractivity (Wildman–Crippen MR) is 114 cm³/mol. The second-order valence-electron chi connectivity index (χ2n) is 6.20. The summed E-state index contributed by atoms with van der Waals surface area (Å²) in [5.41, 5.74) is 5.45. The Labute approximate surface area is 175 Å². The van der Waals surface area contributed by atoms with Gasteiger partial charge in [0.1, 0.15) is 5.70 Å². The van der Waals surface area contributed by atoms with Crippen LogP contribution in [0.15, 0.2) is 56.9 Å². The molecule has 3 heterocycles. The maximum atomic E-state index is 12.7. The third-order valence-corrected chi connectivity index (χ3v) is 5.03. The van der Waals surface area contributed by atoms with Gasteiger partial charge in [-0.3, -0.25) is 5.43 Å². The fourth-order valence-electron chi connectivity index (χ4n) is 3.01. The molecule has 1 aromatic carbocycles. The fraction of sp³-hybridized carbons (Fsp3) is 0.100. The van der Waals surface area contributed by atoms with Gasteiger partial charge in [0.15, 0.2) is 5.82 Å².